The van der Waals surface area contributed by atoms with E-state index in [1.54, 1.807) is 18.2 Å². The predicted octanol–water partition coefficient (Wildman–Crippen LogP) is 6.63. The molecule has 6 nitrogen and oxygen atoms in total. The molecule has 0 saturated heterocycles. The number of fused-ring (bicyclic) bond motifs is 1. The minimum absolute atomic E-state index is 0.155. The Hall–Kier alpha value is -3.07. The van der Waals surface area contributed by atoms with E-state index in [0.29, 0.717) is 16.4 Å². The van der Waals surface area contributed by atoms with Crippen LogP contribution in [-0.4, -0.2) is 22.7 Å². The van der Waals surface area contributed by atoms with E-state index < -0.39 is 0 Å². The van der Waals surface area contributed by atoms with Gasteiger partial charge in [-0.2, -0.15) is 0 Å². The summed E-state index contributed by atoms with van der Waals surface area (Å²) in [4.78, 5) is 29.1. The molecule has 0 radical (unpaired) electrons. The van der Waals surface area contributed by atoms with E-state index in [4.69, 9.17) is 11.6 Å². The number of anilines is 3. The number of nitrogens with zero attached hydrogens (tertiary/aromatic N) is 1. The maximum absolute atomic E-state index is 12.3. The van der Waals surface area contributed by atoms with Crippen LogP contribution in [-0.2, 0) is 4.79 Å². The lowest BCUT2D eigenvalue weighted by atomic mass is 10.2. The molecule has 3 aromatic carbocycles. The van der Waals surface area contributed by atoms with Crippen molar-refractivity contribution in [1.82, 2.24) is 4.98 Å². The summed E-state index contributed by atoms with van der Waals surface area (Å²) in [7, 11) is 0. The molecule has 32 heavy (non-hydrogen) atoms. The number of thioether (sulfide) groups is 1. The summed E-state index contributed by atoms with van der Waals surface area (Å²) in [6.07, 6.45) is 0. The number of thiazole rings is 1. The maximum atomic E-state index is 12.3. The van der Waals surface area contributed by atoms with Crippen LogP contribution in [0.25, 0.3) is 10.2 Å². The van der Waals surface area contributed by atoms with Gasteiger partial charge in [0.15, 0.2) is 4.34 Å². The third-order valence-corrected chi connectivity index (χ3v) is 6.87. The van der Waals surface area contributed by atoms with Gasteiger partial charge in [-0.3, -0.25) is 4.79 Å². The first-order chi connectivity index (χ1) is 15.5. The summed E-state index contributed by atoms with van der Waals surface area (Å²) in [5.41, 5.74) is 3.87. The molecule has 3 amide bonds. The van der Waals surface area contributed by atoms with E-state index in [1.165, 1.54) is 23.1 Å². The Morgan fingerprint density at radius 2 is 1.75 bits per heavy atom. The molecule has 0 saturated carbocycles. The van der Waals surface area contributed by atoms with Gasteiger partial charge in [0.1, 0.15) is 0 Å². The monoisotopic (exact) mass is 482 g/mol. The van der Waals surface area contributed by atoms with Crippen molar-refractivity contribution in [2.45, 2.75) is 11.3 Å². The Morgan fingerprint density at radius 3 is 2.53 bits per heavy atom. The van der Waals surface area contributed by atoms with Crippen molar-refractivity contribution >= 4 is 73.9 Å². The van der Waals surface area contributed by atoms with Crippen LogP contribution in [0, 0.1) is 6.92 Å². The summed E-state index contributed by atoms with van der Waals surface area (Å²) in [5.74, 6) is 0.0622. The molecule has 9 heteroatoms. The fraction of sp³-hybridized carbons (Fsp3) is 0.0870. The van der Waals surface area contributed by atoms with Gasteiger partial charge in [0, 0.05) is 11.4 Å². The van der Waals surface area contributed by atoms with Crippen LogP contribution < -0.4 is 16.0 Å². The number of halogens is 1. The second-order valence-electron chi connectivity index (χ2n) is 6.93. The number of hydrogen-bond donors (Lipinski definition) is 3. The highest BCUT2D eigenvalue weighted by Crippen LogP contribution is 2.31. The van der Waals surface area contributed by atoms with Crippen LogP contribution in [0.3, 0.4) is 0 Å². The van der Waals surface area contributed by atoms with Crippen LogP contribution in [0.1, 0.15) is 5.56 Å². The number of para-hydroxylation sites is 1. The first-order valence-corrected chi connectivity index (χ1v) is 11.9. The highest BCUT2D eigenvalue weighted by atomic mass is 35.5. The molecule has 3 N–H and O–H groups in total. The van der Waals surface area contributed by atoms with Crippen molar-refractivity contribution in [2.75, 3.05) is 21.7 Å². The molecule has 0 aliphatic rings. The minimum Gasteiger partial charge on any atom is -0.324 e. The van der Waals surface area contributed by atoms with Crippen molar-refractivity contribution in [3.8, 4) is 0 Å². The molecule has 4 aromatic rings. The molecule has 0 bridgehead atoms. The van der Waals surface area contributed by atoms with Crippen LogP contribution in [0.2, 0.25) is 5.02 Å². The zero-order chi connectivity index (χ0) is 22.5. The Kier molecular flexibility index (Phi) is 6.94. The fourth-order valence-corrected chi connectivity index (χ4v) is 5.03. The Morgan fingerprint density at radius 1 is 0.969 bits per heavy atom. The Balaban J connectivity index is 1.35. The molecular weight excluding hydrogens is 464 g/mol. The van der Waals surface area contributed by atoms with Gasteiger partial charge < -0.3 is 16.0 Å². The van der Waals surface area contributed by atoms with E-state index in [2.05, 4.69) is 20.9 Å². The van der Waals surface area contributed by atoms with E-state index >= 15 is 0 Å². The highest BCUT2D eigenvalue weighted by molar-refractivity contribution is 8.01. The lowest BCUT2D eigenvalue weighted by Crippen LogP contribution is -2.19. The number of hydrogen-bond acceptors (Lipinski definition) is 5. The number of urea groups is 1. The SMILES string of the molecule is Cc1cccc(NC(=O)Nc2ccc3nc(SCC(=O)Nc4ccccc4Cl)sc3c2)c1. The lowest BCUT2D eigenvalue weighted by molar-refractivity contribution is -0.113. The van der Waals surface area contributed by atoms with E-state index in [-0.39, 0.29) is 17.7 Å². The van der Waals surface area contributed by atoms with Gasteiger partial charge in [-0.15, -0.1) is 11.3 Å². The van der Waals surface area contributed by atoms with E-state index in [9.17, 15) is 9.59 Å². The number of carbonyl (C=O) groups is 2. The number of amides is 3. The molecule has 0 spiro atoms. The highest BCUT2D eigenvalue weighted by Gasteiger charge is 2.11. The molecule has 4 rings (SSSR count). The molecule has 0 fully saturated rings. The first kappa shape index (κ1) is 22.1. The molecule has 1 heterocycles. The summed E-state index contributed by atoms with van der Waals surface area (Å²) in [6.45, 7) is 1.97. The summed E-state index contributed by atoms with van der Waals surface area (Å²) in [5, 5.41) is 8.96. The van der Waals surface area contributed by atoms with E-state index in [0.717, 1.165) is 25.8 Å². The predicted molar refractivity (Wildman–Crippen MR) is 134 cm³/mol. The van der Waals surface area contributed by atoms with Gasteiger partial charge in [0.05, 0.1) is 26.7 Å². The molecule has 0 aliphatic carbocycles. The van der Waals surface area contributed by atoms with Crippen molar-refractivity contribution in [2.24, 2.45) is 0 Å². The van der Waals surface area contributed by atoms with Crippen LogP contribution in [0.15, 0.2) is 71.1 Å². The molecule has 0 aliphatic heterocycles. The largest absolute Gasteiger partial charge is 0.324 e. The number of carbonyl (C=O) groups excluding carboxylic acids is 2. The normalized spacial score (nSPS) is 10.7. The van der Waals surface area contributed by atoms with Gasteiger partial charge in [0.2, 0.25) is 5.91 Å². The fourth-order valence-electron chi connectivity index (χ4n) is 2.94. The zero-order valence-electron chi connectivity index (χ0n) is 17.0. The van der Waals surface area contributed by atoms with Crippen LogP contribution >= 0.6 is 34.7 Å². The van der Waals surface area contributed by atoms with Crippen molar-refractivity contribution < 1.29 is 9.59 Å². The maximum Gasteiger partial charge on any atom is 0.323 e. The van der Waals surface area contributed by atoms with Crippen LogP contribution in [0.4, 0.5) is 21.9 Å². The summed E-state index contributed by atoms with van der Waals surface area (Å²) >= 11 is 8.90. The summed E-state index contributed by atoms with van der Waals surface area (Å²) < 4.78 is 1.70. The van der Waals surface area contributed by atoms with Gasteiger partial charge in [-0.1, -0.05) is 47.6 Å². The lowest BCUT2D eigenvalue weighted by Gasteiger charge is -2.08. The van der Waals surface area contributed by atoms with Crippen LogP contribution in [0.5, 0.6) is 0 Å². The van der Waals surface area contributed by atoms with Crippen molar-refractivity contribution in [3.63, 3.8) is 0 Å². The van der Waals surface area contributed by atoms with Crippen molar-refractivity contribution in [3.05, 3.63) is 77.3 Å². The number of benzene rings is 3. The minimum atomic E-state index is -0.315. The molecule has 0 unspecified atom stereocenters. The van der Waals surface area contributed by atoms with Crippen molar-refractivity contribution in [1.29, 1.82) is 0 Å². The smallest absolute Gasteiger partial charge is 0.323 e. The number of nitrogens with one attached hydrogen (secondary N) is 3. The molecule has 1 aromatic heterocycles. The number of rotatable bonds is 6. The van der Waals surface area contributed by atoms with Gasteiger partial charge in [-0.25, -0.2) is 9.78 Å². The molecule has 162 valence electrons. The number of aryl methyl sites for hydroxylation is 1. The number of aromatic nitrogens is 1. The quantitative estimate of drug-likeness (QED) is 0.269. The Bertz CT molecular complexity index is 1290. The second kappa shape index (κ2) is 10.0. The first-order valence-electron chi connectivity index (χ1n) is 9.69. The van der Waals surface area contributed by atoms with Gasteiger partial charge in [0.25, 0.3) is 0 Å². The second-order valence-corrected chi connectivity index (χ2v) is 9.59. The average molecular weight is 483 g/mol. The third kappa shape index (κ3) is 5.79. The van der Waals surface area contributed by atoms with Gasteiger partial charge in [-0.05, 0) is 55.0 Å². The topological polar surface area (TPSA) is 83.1 Å². The third-order valence-electron chi connectivity index (χ3n) is 4.38. The zero-order valence-corrected chi connectivity index (χ0v) is 19.4. The van der Waals surface area contributed by atoms with E-state index in [1.807, 2.05) is 55.5 Å². The van der Waals surface area contributed by atoms with Gasteiger partial charge >= 0.3 is 6.03 Å². The molecule has 0 atom stereocenters. The summed E-state index contributed by atoms with van der Waals surface area (Å²) in [6, 6.07) is 19.9. The standard InChI is InChI=1S/C23H19ClN4O2S2/c1-14-5-4-6-15(11-14)25-22(30)26-16-9-10-19-20(12-16)32-23(28-19)31-13-21(29)27-18-8-3-2-7-17(18)24/h2-12H,13H2,1H3,(H,27,29)(H2,25,26,30). The average Bonchev–Trinajstić information content (AvgIpc) is 3.16. The Labute approximate surface area is 198 Å². The molecular formula is C23H19ClN4O2S2.